The number of nitrogens with zero attached hydrogens (tertiary/aromatic N) is 2. The van der Waals surface area contributed by atoms with Crippen LogP contribution < -0.4 is 4.90 Å². The van der Waals surface area contributed by atoms with Gasteiger partial charge in [-0.25, -0.2) is 9.69 Å². The Morgan fingerprint density at radius 2 is 1.73 bits per heavy atom. The molecular formula is C23H25ClN2O7. The molecule has 0 bridgehead atoms. The van der Waals surface area contributed by atoms with Crippen LogP contribution in [0.2, 0.25) is 5.02 Å². The minimum atomic E-state index is -1.47. The van der Waals surface area contributed by atoms with Gasteiger partial charge in [0.2, 0.25) is 0 Å². The fourth-order valence-corrected chi connectivity index (χ4v) is 4.32. The summed E-state index contributed by atoms with van der Waals surface area (Å²) in [5, 5.41) is 40.4. The summed E-state index contributed by atoms with van der Waals surface area (Å²) < 4.78 is 5.64. The number of carbonyl (C=O) groups is 2. The second-order valence-corrected chi connectivity index (χ2v) is 8.72. The average Bonchev–Trinajstić information content (AvgIpc) is 3.06. The molecule has 2 aliphatic rings. The van der Waals surface area contributed by atoms with Crippen molar-refractivity contribution in [2.24, 2.45) is 0 Å². The van der Waals surface area contributed by atoms with Gasteiger partial charge in [-0.15, -0.1) is 0 Å². The highest BCUT2D eigenvalue weighted by molar-refractivity contribution is 6.31. The van der Waals surface area contributed by atoms with Crippen LogP contribution in [-0.2, 0) is 16.0 Å². The third kappa shape index (κ3) is 4.48. The number of likely N-dealkylation sites (N-methyl/N-ethyl adjacent to an activating group) is 1. The van der Waals surface area contributed by atoms with Crippen molar-refractivity contribution in [1.29, 1.82) is 0 Å². The van der Waals surface area contributed by atoms with Crippen molar-refractivity contribution in [3.05, 3.63) is 64.2 Å². The number of halogens is 1. The lowest BCUT2D eigenvalue weighted by atomic mass is 9.90. The molecule has 176 valence electrons. The number of ether oxygens (including phenoxy) is 1. The predicted molar refractivity (Wildman–Crippen MR) is 119 cm³/mol. The Labute approximate surface area is 195 Å². The zero-order chi connectivity index (χ0) is 23.9. The van der Waals surface area contributed by atoms with E-state index in [0.29, 0.717) is 22.7 Å². The van der Waals surface area contributed by atoms with Crippen molar-refractivity contribution in [2.75, 3.05) is 25.1 Å². The van der Waals surface area contributed by atoms with E-state index < -0.39 is 37.1 Å². The summed E-state index contributed by atoms with van der Waals surface area (Å²) in [5.41, 5.74) is 2.63. The molecule has 0 spiro atoms. The third-order valence-corrected chi connectivity index (χ3v) is 6.39. The number of imide groups is 1. The van der Waals surface area contributed by atoms with E-state index in [1.165, 1.54) is 4.90 Å². The van der Waals surface area contributed by atoms with E-state index in [2.05, 4.69) is 0 Å². The van der Waals surface area contributed by atoms with E-state index in [9.17, 15) is 30.0 Å². The lowest BCUT2D eigenvalue weighted by molar-refractivity contribution is -0.231. The Kier molecular flexibility index (Phi) is 6.71. The molecule has 33 heavy (non-hydrogen) atoms. The molecule has 2 aliphatic heterocycles. The topological polar surface area (TPSA) is 131 Å². The minimum absolute atomic E-state index is 0.0426. The van der Waals surface area contributed by atoms with Crippen LogP contribution >= 0.6 is 11.6 Å². The first-order chi connectivity index (χ1) is 15.7. The van der Waals surface area contributed by atoms with Gasteiger partial charge >= 0.3 is 6.03 Å². The zero-order valence-electron chi connectivity index (χ0n) is 17.8. The number of amides is 3. The summed E-state index contributed by atoms with van der Waals surface area (Å²) in [6, 6.07) is 11.7. The van der Waals surface area contributed by atoms with Crippen LogP contribution in [0.25, 0.3) is 0 Å². The Morgan fingerprint density at radius 3 is 2.33 bits per heavy atom. The number of rotatable bonds is 5. The Hall–Kier alpha value is -2.53. The van der Waals surface area contributed by atoms with E-state index in [4.69, 9.17) is 16.3 Å². The predicted octanol–water partition coefficient (Wildman–Crippen LogP) is 0.844. The lowest BCUT2D eigenvalue weighted by Crippen LogP contribution is -2.55. The standard InChI is InChI=1S/C23H25ClN2O7/c1-25-10-18(28)26(23(25)32)15-5-2-12(3-6-15)8-14-9-13(4-7-16(14)24)22-21(31)20(30)19(29)17(11-27)33-22/h2-7,9,17,19-22,27,29-31H,8,10-11H2,1H3/t17-,19-,20+,21-,22+/m1/s1. The molecule has 4 N–H and O–H groups in total. The van der Waals surface area contributed by atoms with Crippen LogP contribution in [0.4, 0.5) is 10.5 Å². The Bertz CT molecular complexity index is 1050. The number of aliphatic hydroxyl groups is 4. The van der Waals surface area contributed by atoms with E-state index >= 15 is 0 Å². The first kappa shape index (κ1) is 23.6. The van der Waals surface area contributed by atoms with Gasteiger partial charge in [0.25, 0.3) is 5.91 Å². The van der Waals surface area contributed by atoms with Gasteiger partial charge in [0.1, 0.15) is 37.1 Å². The highest BCUT2D eigenvalue weighted by Gasteiger charge is 2.44. The van der Waals surface area contributed by atoms with Gasteiger partial charge in [0, 0.05) is 12.1 Å². The van der Waals surface area contributed by atoms with Crippen molar-refractivity contribution >= 4 is 29.2 Å². The van der Waals surface area contributed by atoms with Gasteiger partial charge < -0.3 is 30.1 Å². The number of aliphatic hydroxyl groups excluding tert-OH is 4. The number of urea groups is 1. The average molecular weight is 477 g/mol. The molecule has 2 heterocycles. The largest absolute Gasteiger partial charge is 0.394 e. The summed E-state index contributed by atoms with van der Waals surface area (Å²) in [4.78, 5) is 26.7. The molecule has 0 radical (unpaired) electrons. The maximum atomic E-state index is 12.2. The maximum Gasteiger partial charge on any atom is 0.331 e. The number of hydrogen-bond donors (Lipinski definition) is 4. The summed E-state index contributed by atoms with van der Waals surface area (Å²) in [6.07, 6.45) is -5.82. The molecular weight excluding hydrogens is 452 g/mol. The monoisotopic (exact) mass is 476 g/mol. The first-order valence-electron chi connectivity index (χ1n) is 10.5. The second-order valence-electron chi connectivity index (χ2n) is 8.31. The smallest absolute Gasteiger partial charge is 0.331 e. The van der Waals surface area contributed by atoms with Crippen molar-refractivity contribution in [3.8, 4) is 0 Å². The molecule has 0 aromatic heterocycles. The van der Waals surface area contributed by atoms with E-state index in [1.54, 1.807) is 49.5 Å². The van der Waals surface area contributed by atoms with Gasteiger partial charge in [-0.05, 0) is 41.3 Å². The van der Waals surface area contributed by atoms with Crippen LogP contribution in [0.5, 0.6) is 0 Å². The Morgan fingerprint density at radius 1 is 1.03 bits per heavy atom. The van der Waals surface area contributed by atoms with Crippen LogP contribution in [-0.4, -0.2) is 81.9 Å². The van der Waals surface area contributed by atoms with E-state index in [0.717, 1.165) is 16.0 Å². The maximum absolute atomic E-state index is 12.2. The molecule has 2 aromatic rings. The van der Waals surface area contributed by atoms with E-state index in [1.807, 2.05) is 0 Å². The van der Waals surface area contributed by atoms with Crippen LogP contribution in [0.15, 0.2) is 42.5 Å². The summed E-state index contributed by atoms with van der Waals surface area (Å²) >= 11 is 6.38. The van der Waals surface area contributed by atoms with Gasteiger partial charge in [0.15, 0.2) is 0 Å². The summed E-state index contributed by atoms with van der Waals surface area (Å²) in [5.74, 6) is -0.287. The number of hydrogen-bond acceptors (Lipinski definition) is 7. The molecule has 0 saturated carbocycles. The normalized spacial score (nSPS) is 28.0. The van der Waals surface area contributed by atoms with Gasteiger partial charge in [-0.1, -0.05) is 35.9 Å². The minimum Gasteiger partial charge on any atom is -0.394 e. The third-order valence-electron chi connectivity index (χ3n) is 6.02. The second kappa shape index (κ2) is 9.38. The zero-order valence-corrected chi connectivity index (χ0v) is 18.6. The van der Waals surface area contributed by atoms with Gasteiger partial charge in [-0.3, -0.25) is 4.79 Å². The molecule has 0 aliphatic carbocycles. The quantitative estimate of drug-likeness (QED) is 0.470. The molecule has 2 fully saturated rings. The fraction of sp³-hybridized carbons (Fsp3) is 0.391. The lowest BCUT2D eigenvalue weighted by Gasteiger charge is -2.40. The van der Waals surface area contributed by atoms with Crippen LogP contribution in [0, 0.1) is 0 Å². The summed E-state index contributed by atoms with van der Waals surface area (Å²) in [6.45, 7) is -0.465. The van der Waals surface area contributed by atoms with Gasteiger partial charge in [-0.2, -0.15) is 0 Å². The molecule has 3 amide bonds. The first-order valence-corrected chi connectivity index (χ1v) is 10.8. The van der Waals surface area contributed by atoms with Gasteiger partial charge in [0.05, 0.1) is 12.3 Å². The molecule has 5 atom stereocenters. The number of anilines is 1. The number of benzene rings is 2. The van der Waals surface area contributed by atoms with Crippen LogP contribution in [0.1, 0.15) is 22.8 Å². The number of carbonyl (C=O) groups excluding carboxylic acids is 2. The van der Waals surface area contributed by atoms with E-state index in [-0.39, 0.29) is 18.5 Å². The van der Waals surface area contributed by atoms with Crippen molar-refractivity contribution in [1.82, 2.24) is 4.90 Å². The Balaban J connectivity index is 1.54. The van der Waals surface area contributed by atoms with Crippen molar-refractivity contribution in [2.45, 2.75) is 36.9 Å². The molecule has 0 unspecified atom stereocenters. The van der Waals surface area contributed by atoms with Crippen LogP contribution in [0.3, 0.4) is 0 Å². The van der Waals surface area contributed by atoms with Crippen molar-refractivity contribution < 1.29 is 34.8 Å². The molecule has 9 nitrogen and oxygen atoms in total. The molecule has 2 aromatic carbocycles. The highest BCUT2D eigenvalue weighted by atomic mass is 35.5. The SMILES string of the molecule is CN1CC(=O)N(c2ccc(Cc3cc([C@@H]4O[C@H](CO)[C@@H](O)[C@H](O)[C@H]4O)ccc3Cl)cc2)C1=O. The van der Waals surface area contributed by atoms with Crippen molar-refractivity contribution in [3.63, 3.8) is 0 Å². The molecule has 4 rings (SSSR count). The summed E-state index contributed by atoms with van der Waals surface area (Å²) in [7, 11) is 1.57. The fourth-order valence-electron chi connectivity index (χ4n) is 4.14. The molecule has 10 heteroatoms. The molecule has 2 saturated heterocycles. The highest BCUT2D eigenvalue weighted by Crippen LogP contribution is 2.34.